The van der Waals surface area contributed by atoms with Crippen molar-refractivity contribution >= 4 is 21.8 Å². The van der Waals surface area contributed by atoms with E-state index in [9.17, 15) is 4.79 Å². The van der Waals surface area contributed by atoms with Gasteiger partial charge >= 0.3 is 0 Å². The van der Waals surface area contributed by atoms with Gasteiger partial charge in [-0.05, 0) is 46.5 Å². The van der Waals surface area contributed by atoms with Gasteiger partial charge in [-0.25, -0.2) is 0 Å². The molecule has 88 valence electrons. The number of nitrogens with one attached hydrogen (secondary N) is 1. The standard InChI is InChI=1S/C12H16BrNO2/c1-8-3-4-10(11(13)5-8)12(16)14-6-9(2)7-15/h3-5,9,15H,6-7H2,1-2H3,(H,14,16). The lowest BCUT2D eigenvalue weighted by atomic mass is 10.1. The Balaban J connectivity index is 2.66. The fraction of sp³-hybridized carbons (Fsp3) is 0.417. The topological polar surface area (TPSA) is 49.3 Å². The van der Waals surface area contributed by atoms with Crippen LogP contribution in [0.5, 0.6) is 0 Å². The molecule has 1 rings (SSSR count). The maximum Gasteiger partial charge on any atom is 0.252 e. The molecule has 4 heteroatoms. The summed E-state index contributed by atoms with van der Waals surface area (Å²) in [4.78, 5) is 11.8. The zero-order valence-corrected chi connectivity index (χ0v) is 11.0. The van der Waals surface area contributed by atoms with E-state index in [1.807, 2.05) is 26.0 Å². The number of amides is 1. The quantitative estimate of drug-likeness (QED) is 0.890. The predicted octanol–water partition coefficient (Wildman–Crippen LogP) is 2.12. The fourth-order valence-corrected chi connectivity index (χ4v) is 1.90. The van der Waals surface area contributed by atoms with Gasteiger partial charge < -0.3 is 10.4 Å². The molecule has 0 aromatic heterocycles. The van der Waals surface area contributed by atoms with Crippen molar-refractivity contribution in [1.82, 2.24) is 5.32 Å². The van der Waals surface area contributed by atoms with E-state index in [1.165, 1.54) is 0 Å². The molecule has 0 heterocycles. The molecule has 0 saturated carbocycles. The Labute approximate surface area is 104 Å². The van der Waals surface area contributed by atoms with Crippen molar-refractivity contribution in [3.8, 4) is 0 Å². The Morgan fingerprint density at radius 1 is 1.56 bits per heavy atom. The maximum absolute atomic E-state index is 11.8. The number of hydrogen-bond acceptors (Lipinski definition) is 2. The molecule has 0 saturated heterocycles. The van der Waals surface area contributed by atoms with Crippen LogP contribution in [0.1, 0.15) is 22.8 Å². The third kappa shape index (κ3) is 3.61. The number of carbonyl (C=O) groups is 1. The fourth-order valence-electron chi connectivity index (χ4n) is 1.23. The summed E-state index contributed by atoms with van der Waals surface area (Å²) in [7, 11) is 0. The van der Waals surface area contributed by atoms with Crippen LogP contribution in [-0.2, 0) is 0 Å². The van der Waals surface area contributed by atoms with Crippen LogP contribution in [0, 0.1) is 12.8 Å². The molecule has 1 unspecified atom stereocenters. The van der Waals surface area contributed by atoms with E-state index in [1.54, 1.807) is 6.07 Å². The lowest BCUT2D eigenvalue weighted by Gasteiger charge is -2.10. The summed E-state index contributed by atoms with van der Waals surface area (Å²) in [5.74, 6) is -0.0413. The van der Waals surface area contributed by atoms with Crippen molar-refractivity contribution in [3.05, 3.63) is 33.8 Å². The van der Waals surface area contributed by atoms with Gasteiger partial charge in [0.05, 0.1) is 5.56 Å². The average molecular weight is 286 g/mol. The van der Waals surface area contributed by atoms with Gasteiger partial charge in [-0.1, -0.05) is 13.0 Å². The van der Waals surface area contributed by atoms with Gasteiger partial charge in [0.15, 0.2) is 0 Å². The van der Waals surface area contributed by atoms with Gasteiger partial charge in [0.2, 0.25) is 0 Å². The minimum atomic E-state index is -0.118. The Morgan fingerprint density at radius 3 is 2.81 bits per heavy atom. The van der Waals surface area contributed by atoms with Gasteiger partial charge in [0.1, 0.15) is 0 Å². The summed E-state index contributed by atoms with van der Waals surface area (Å²) in [6.45, 7) is 4.41. The minimum absolute atomic E-state index is 0.0770. The highest BCUT2D eigenvalue weighted by atomic mass is 79.9. The molecule has 0 aliphatic rings. The van der Waals surface area contributed by atoms with Crippen LogP contribution in [0.25, 0.3) is 0 Å². The normalized spacial score (nSPS) is 12.2. The SMILES string of the molecule is Cc1ccc(C(=O)NCC(C)CO)c(Br)c1. The highest BCUT2D eigenvalue weighted by Gasteiger charge is 2.10. The third-order valence-electron chi connectivity index (χ3n) is 2.29. The molecule has 1 aromatic carbocycles. The van der Waals surface area contributed by atoms with Crippen molar-refractivity contribution in [2.75, 3.05) is 13.2 Å². The number of aliphatic hydroxyl groups excluding tert-OH is 1. The summed E-state index contributed by atoms with van der Waals surface area (Å²) in [5, 5.41) is 11.6. The van der Waals surface area contributed by atoms with Gasteiger partial charge in [0, 0.05) is 17.6 Å². The lowest BCUT2D eigenvalue weighted by molar-refractivity contribution is 0.0941. The van der Waals surface area contributed by atoms with Gasteiger partial charge in [-0.3, -0.25) is 4.79 Å². The van der Waals surface area contributed by atoms with E-state index in [4.69, 9.17) is 5.11 Å². The smallest absolute Gasteiger partial charge is 0.252 e. The first kappa shape index (κ1) is 13.2. The Bertz CT molecular complexity index is 379. The van der Waals surface area contributed by atoms with Crippen molar-refractivity contribution < 1.29 is 9.90 Å². The van der Waals surface area contributed by atoms with Gasteiger partial charge in [0.25, 0.3) is 5.91 Å². The Hall–Kier alpha value is -0.870. The molecular formula is C12H16BrNO2. The van der Waals surface area contributed by atoms with Gasteiger partial charge in [-0.15, -0.1) is 0 Å². The number of aryl methyl sites for hydroxylation is 1. The minimum Gasteiger partial charge on any atom is -0.396 e. The molecule has 0 aliphatic carbocycles. The summed E-state index contributed by atoms with van der Waals surface area (Å²) in [6.07, 6.45) is 0. The monoisotopic (exact) mass is 285 g/mol. The molecule has 1 amide bonds. The number of carbonyl (C=O) groups excluding carboxylic acids is 1. The maximum atomic E-state index is 11.8. The van der Waals surface area contributed by atoms with Crippen LogP contribution in [0.3, 0.4) is 0 Å². The second-order valence-corrected chi connectivity index (χ2v) is 4.84. The van der Waals surface area contributed by atoms with E-state index in [0.29, 0.717) is 12.1 Å². The average Bonchev–Trinajstić information content (AvgIpc) is 2.25. The van der Waals surface area contributed by atoms with Crippen LogP contribution in [0.2, 0.25) is 0 Å². The summed E-state index contributed by atoms with van der Waals surface area (Å²) in [5.41, 5.74) is 1.72. The Kier molecular flexibility index (Phi) is 4.96. The van der Waals surface area contributed by atoms with E-state index in [0.717, 1.165) is 10.0 Å². The van der Waals surface area contributed by atoms with E-state index in [2.05, 4.69) is 21.2 Å². The van der Waals surface area contributed by atoms with E-state index < -0.39 is 0 Å². The zero-order valence-electron chi connectivity index (χ0n) is 9.46. The van der Waals surface area contributed by atoms with E-state index in [-0.39, 0.29) is 18.4 Å². The molecule has 3 nitrogen and oxygen atoms in total. The third-order valence-corrected chi connectivity index (χ3v) is 2.95. The second kappa shape index (κ2) is 6.01. The summed E-state index contributed by atoms with van der Waals surface area (Å²) in [6, 6.07) is 5.60. The van der Waals surface area contributed by atoms with Crippen LogP contribution in [0.15, 0.2) is 22.7 Å². The van der Waals surface area contributed by atoms with Crippen LogP contribution < -0.4 is 5.32 Å². The lowest BCUT2D eigenvalue weighted by Crippen LogP contribution is -2.29. The highest BCUT2D eigenvalue weighted by Crippen LogP contribution is 2.18. The van der Waals surface area contributed by atoms with Crippen LogP contribution in [0.4, 0.5) is 0 Å². The molecule has 2 N–H and O–H groups in total. The molecular weight excluding hydrogens is 270 g/mol. The molecule has 1 aromatic rings. The Morgan fingerprint density at radius 2 is 2.25 bits per heavy atom. The molecule has 1 atom stereocenters. The van der Waals surface area contributed by atoms with Crippen LogP contribution in [-0.4, -0.2) is 24.2 Å². The van der Waals surface area contributed by atoms with Crippen molar-refractivity contribution in [3.63, 3.8) is 0 Å². The molecule has 0 bridgehead atoms. The largest absolute Gasteiger partial charge is 0.396 e. The first-order valence-corrected chi connectivity index (χ1v) is 5.99. The van der Waals surface area contributed by atoms with Gasteiger partial charge in [-0.2, -0.15) is 0 Å². The molecule has 0 fully saturated rings. The number of aliphatic hydroxyl groups is 1. The summed E-state index contributed by atoms with van der Waals surface area (Å²) < 4.78 is 0.793. The van der Waals surface area contributed by atoms with E-state index >= 15 is 0 Å². The molecule has 0 radical (unpaired) electrons. The number of rotatable bonds is 4. The highest BCUT2D eigenvalue weighted by molar-refractivity contribution is 9.10. The number of benzene rings is 1. The van der Waals surface area contributed by atoms with Crippen LogP contribution >= 0.6 is 15.9 Å². The van der Waals surface area contributed by atoms with Crippen molar-refractivity contribution in [1.29, 1.82) is 0 Å². The van der Waals surface area contributed by atoms with Crippen molar-refractivity contribution in [2.45, 2.75) is 13.8 Å². The first-order valence-electron chi connectivity index (χ1n) is 5.19. The predicted molar refractivity (Wildman–Crippen MR) is 67.5 cm³/mol. The second-order valence-electron chi connectivity index (χ2n) is 3.98. The molecule has 0 aliphatic heterocycles. The molecule has 16 heavy (non-hydrogen) atoms. The number of halogens is 1. The zero-order chi connectivity index (χ0) is 12.1. The first-order chi connectivity index (χ1) is 7.54. The summed E-state index contributed by atoms with van der Waals surface area (Å²) >= 11 is 3.36. The van der Waals surface area contributed by atoms with Crippen molar-refractivity contribution in [2.24, 2.45) is 5.92 Å². The molecule has 0 spiro atoms. The number of hydrogen-bond donors (Lipinski definition) is 2.